The lowest BCUT2D eigenvalue weighted by Crippen LogP contribution is -2.02. The van der Waals surface area contributed by atoms with E-state index in [9.17, 15) is 0 Å². The summed E-state index contributed by atoms with van der Waals surface area (Å²) < 4.78 is 12.2. The molecule has 0 saturated carbocycles. The third-order valence-electron chi connectivity index (χ3n) is 7.94. The molecular formula is C37H49O2. The SMILES string of the molecule is CCCCCCCCCCCCCCCCCCOc1ccc(-c2cccc3c2[CH]c2ccccc2O3)cc1. The normalized spacial score (nSPS) is 12.0. The Morgan fingerprint density at radius 2 is 1.10 bits per heavy atom. The van der Waals surface area contributed by atoms with Gasteiger partial charge in [-0.25, -0.2) is 0 Å². The monoisotopic (exact) mass is 525 g/mol. The Labute approximate surface area is 238 Å². The van der Waals surface area contributed by atoms with Gasteiger partial charge in [-0.2, -0.15) is 0 Å². The molecule has 0 amide bonds. The molecule has 39 heavy (non-hydrogen) atoms. The van der Waals surface area contributed by atoms with Crippen molar-refractivity contribution in [2.45, 2.75) is 110 Å². The van der Waals surface area contributed by atoms with E-state index in [0.717, 1.165) is 41.4 Å². The highest BCUT2D eigenvalue weighted by molar-refractivity contribution is 5.75. The molecule has 209 valence electrons. The van der Waals surface area contributed by atoms with Gasteiger partial charge in [-0.3, -0.25) is 0 Å². The number of unbranched alkanes of at least 4 members (excludes halogenated alkanes) is 15. The fourth-order valence-corrected chi connectivity index (χ4v) is 5.57. The van der Waals surface area contributed by atoms with Gasteiger partial charge >= 0.3 is 0 Å². The molecular weight excluding hydrogens is 476 g/mol. The van der Waals surface area contributed by atoms with Gasteiger partial charge in [-0.15, -0.1) is 0 Å². The first kappa shape index (κ1) is 29.2. The molecule has 2 heteroatoms. The Morgan fingerprint density at radius 1 is 0.538 bits per heavy atom. The lowest BCUT2D eigenvalue weighted by atomic mass is 9.92. The summed E-state index contributed by atoms with van der Waals surface area (Å²) in [7, 11) is 0. The smallest absolute Gasteiger partial charge is 0.131 e. The Bertz CT molecular complexity index is 1080. The zero-order valence-electron chi connectivity index (χ0n) is 24.3. The van der Waals surface area contributed by atoms with E-state index in [1.54, 1.807) is 0 Å². The molecule has 0 atom stereocenters. The Kier molecular flexibility index (Phi) is 12.8. The van der Waals surface area contributed by atoms with Crippen molar-refractivity contribution in [3.8, 4) is 28.4 Å². The van der Waals surface area contributed by atoms with E-state index in [4.69, 9.17) is 9.47 Å². The maximum atomic E-state index is 6.15. The highest BCUT2D eigenvalue weighted by Gasteiger charge is 2.20. The van der Waals surface area contributed by atoms with E-state index in [1.165, 1.54) is 107 Å². The quantitative estimate of drug-likeness (QED) is 0.113. The van der Waals surface area contributed by atoms with Crippen molar-refractivity contribution in [2.24, 2.45) is 0 Å². The summed E-state index contributed by atoms with van der Waals surface area (Å²) in [5, 5.41) is 0. The lowest BCUT2D eigenvalue weighted by Gasteiger charge is -2.22. The maximum absolute atomic E-state index is 6.15. The van der Waals surface area contributed by atoms with Crippen LogP contribution in [-0.4, -0.2) is 6.61 Å². The minimum absolute atomic E-state index is 0.803. The molecule has 1 radical (unpaired) electrons. The summed E-state index contributed by atoms with van der Waals surface area (Å²) in [4.78, 5) is 0. The predicted molar refractivity (Wildman–Crippen MR) is 166 cm³/mol. The van der Waals surface area contributed by atoms with E-state index < -0.39 is 0 Å². The van der Waals surface area contributed by atoms with Crippen LogP contribution >= 0.6 is 0 Å². The van der Waals surface area contributed by atoms with Crippen LogP contribution in [0.2, 0.25) is 0 Å². The Hall–Kier alpha value is -2.74. The first-order valence-electron chi connectivity index (χ1n) is 15.8. The molecule has 1 heterocycles. The van der Waals surface area contributed by atoms with Crippen molar-refractivity contribution >= 4 is 0 Å². The molecule has 3 aromatic carbocycles. The van der Waals surface area contributed by atoms with Crippen molar-refractivity contribution in [2.75, 3.05) is 6.61 Å². The Morgan fingerprint density at radius 3 is 1.74 bits per heavy atom. The van der Waals surface area contributed by atoms with Gasteiger partial charge in [0.25, 0.3) is 0 Å². The molecule has 0 bridgehead atoms. The zero-order valence-corrected chi connectivity index (χ0v) is 24.3. The molecule has 0 spiro atoms. The topological polar surface area (TPSA) is 18.5 Å². The third kappa shape index (κ3) is 9.75. The van der Waals surface area contributed by atoms with Crippen LogP contribution in [0.5, 0.6) is 17.2 Å². The number of rotatable bonds is 19. The second kappa shape index (κ2) is 17.1. The van der Waals surface area contributed by atoms with Crippen LogP contribution in [0, 0.1) is 6.42 Å². The average molecular weight is 526 g/mol. The largest absolute Gasteiger partial charge is 0.494 e. The number of fused-ring (bicyclic) bond motifs is 2. The van der Waals surface area contributed by atoms with Gasteiger partial charge in [0.15, 0.2) is 0 Å². The second-order valence-electron chi connectivity index (χ2n) is 11.2. The number of benzene rings is 3. The van der Waals surface area contributed by atoms with Crippen LogP contribution in [0.4, 0.5) is 0 Å². The van der Waals surface area contributed by atoms with Gasteiger partial charge in [0.05, 0.1) is 6.61 Å². The van der Waals surface area contributed by atoms with Crippen LogP contribution in [0.25, 0.3) is 11.1 Å². The maximum Gasteiger partial charge on any atom is 0.131 e. The molecule has 1 aliphatic heterocycles. The minimum Gasteiger partial charge on any atom is -0.494 e. The van der Waals surface area contributed by atoms with Gasteiger partial charge in [0, 0.05) is 17.5 Å². The summed E-state index contributed by atoms with van der Waals surface area (Å²) in [6, 6.07) is 23.0. The van der Waals surface area contributed by atoms with Crippen LogP contribution in [-0.2, 0) is 0 Å². The number of hydrogen-bond donors (Lipinski definition) is 0. The molecule has 0 saturated heterocycles. The highest BCUT2D eigenvalue weighted by atomic mass is 16.5. The van der Waals surface area contributed by atoms with Gasteiger partial charge < -0.3 is 9.47 Å². The average Bonchev–Trinajstić information content (AvgIpc) is 2.97. The molecule has 3 aromatic rings. The van der Waals surface area contributed by atoms with Crippen molar-refractivity contribution in [3.63, 3.8) is 0 Å². The highest BCUT2D eigenvalue weighted by Crippen LogP contribution is 2.42. The fourth-order valence-electron chi connectivity index (χ4n) is 5.57. The molecule has 0 fully saturated rings. The van der Waals surface area contributed by atoms with Crippen molar-refractivity contribution < 1.29 is 9.47 Å². The lowest BCUT2D eigenvalue weighted by molar-refractivity contribution is 0.304. The summed E-state index contributed by atoms with van der Waals surface area (Å²) in [5.41, 5.74) is 4.63. The summed E-state index contributed by atoms with van der Waals surface area (Å²) in [6.45, 7) is 3.10. The van der Waals surface area contributed by atoms with Crippen molar-refractivity contribution in [3.05, 3.63) is 84.3 Å². The summed E-state index contributed by atoms with van der Waals surface area (Å²) >= 11 is 0. The number of hydrogen-bond acceptors (Lipinski definition) is 2. The molecule has 0 N–H and O–H groups in total. The van der Waals surface area contributed by atoms with E-state index >= 15 is 0 Å². The number of para-hydroxylation sites is 1. The standard InChI is InChI=1S/C37H49O2/c1-2-3-4-5-6-7-8-9-10-11-12-13-14-15-16-19-29-38-33-27-25-31(26-28-33)34-22-20-24-37-35(34)30-32-21-17-18-23-36(32)39-37/h17-18,20-28,30H,2-16,19,29H2,1H3. The van der Waals surface area contributed by atoms with Crippen molar-refractivity contribution in [1.29, 1.82) is 0 Å². The Balaban J connectivity index is 1.04. The summed E-state index contributed by atoms with van der Waals surface area (Å²) in [6.07, 6.45) is 24.5. The van der Waals surface area contributed by atoms with Crippen LogP contribution in [0.3, 0.4) is 0 Å². The molecule has 2 nitrogen and oxygen atoms in total. The van der Waals surface area contributed by atoms with Gasteiger partial charge in [-0.1, -0.05) is 146 Å². The predicted octanol–water partition coefficient (Wildman–Crippen LogP) is 11.7. The number of ether oxygens (including phenoxy) is 2. The fraction of sp³-hybridized carbons (Fsp3) is 0.486. The van der Waals surface area contributed by atoms with Crippen molar-refractivity contribution in [1.82, 2.24) is 0 Å². The van der Waals surface area contributed by atoms with Gasteiger partial charge in [0.2, 0.25) is 0 Å². The van der Waals surface area contributed by atoms with Crippen LogP contribution in [0.1, 0.15) is 121 Å². The van der Waals surface area contributed by atoms with Gasteiger partial charge in [0.1, 0.15) is 17.2 Å². The van der Waals surface area contributed by atoms with E-state index in [2.05, 4.69) is 61.9 Å². The molecule has 0 aliphatic carbocycles. The zero-order chi connectivity index (χ0) is 27.0. The third-order valence-corrected chi connectivity index (χ3v) is 7.94. The molecule has 4 rings (SSSR count). The van der Waals surface area contributed by atoms with Crippen LogP contribution in [0.15, 0.2) is 66.7 Å². The van der Waals surface area contributed by atoms with E-state index in [0.29, 0.717) is 0 Å². The van der Waals surface area contributed by atoms with Gasteiger partial charge in [-0.05, 0) is 41.8 Å². The van der Waals surface area contributed by atoms with E-state index in [1.807, 2.05) is 18.2 Å². The first-order valence-corrected chi connectivity index (χ1v) is 15.8. The van der Waals surface area contributed by atoms with Crippen LogP contribution < -0.4 is 9.47 Å². The molecule has 0 unspecified atom stereocenters. The molecule has 0 aromatic heterocycles. The summed E-state index contributed by atoms with van der Waals surface area (Å²) in [5.74, 6) is 2.78. The first-order chi connectivity index (χ1) is 19.3. The second-order valence-corrected chi connectivity index (χ2v) is 11.2. The minimum atomic E-state index is 0.803. The molecule has 1 aliphatic rings. The van der Waals surface area contributed by atoms with E-state index in [-0.39, 0.29) is 0 Å².